The Labute approximate surface area is 168 Å². The molecule has 0 spiro atoms. The number of aryl methyl sites for hydroxylation is 1. The van der Waals surface area contributed by atoms with Crippen molar-refractivity contribution in [1.82, 2.24) is 9.88 Å². The molecule has 7 heteroatoms. The second-order valence-electron chi connectivity index (χ2n) is 6.51. The van der Waals surface area contributed by atoms with Crippen LogP contribution >= 0.6 is 11.6 Å². The van der Waals surface area contributed by atoms with Gasteiger partial charge in [0, 0.05) is 29.7 Å². The van der Waals surface area contributed by atoms with E-state index in [1.807, 2.05) is 36.5 Å². The number of aliphatic hydroxyl groups is 1. The molecule has 0 saturated heterocycles. The average Bonchev–Trinajstić information content (AvgIpc) is 3.09. The summed E-state index contributed by atoms with van der Waals surface area (Å²) in [5, 5.41) is 23.9. The predicted octanol–water partition coefficient (Wildman–Crippen LogP) is 3.47. The van der Waals surface area contributed by atoms with Crippen molar-refractivity contribution in [3.8, 4) is 5.75 Å². The van der Waals surface area contributed by atoms with Crippen molar-refractivity contribution >= 4 is 28.5 Å². The first-order valence-electron chi connectivity index (χ1n) is 9.11. The summed E-state index contributed by atoms with van der Waals surface area (Å²) in [6.07, 6.45) is 2.21. The molecule has 1 aromatic heterocycles. The van der Waals surface area contributed by atoms with Crippen LogP contribution in [0.5, 0.6) is 5.75 Å². The number of aromatic nitrogens is 1. The number of carbonyl (C=O) groups is 1. The van der Waals surface area contributed by atoms with Gasteiger partial charge in [-0.1, -0.05) is 35.9 Å². The van der Waals surface area contributed by atoms with Crippen molar-refractivity contribution < 1.29 is 19.7 Å². The number of halogens is 1. The SMILES string of the molecule is O=C(O)COc1cccc2ccn(CCCNC[C@H](O)c3cccc(Cl)c3)c12. The Morgan fingerprint density at radius 1 is 1.21 bits per heavy atom. The zero-order valence-corrected chi connectivity index (χ0v) is 16.1. The summed E-state index contributed by atoms with van der Waals surface area (Å²) in [4.78, 5) is 10.8. The molecule has 148 valence electrons. The van der Waals surface area contributed by atoms with Crippen LogP contribution in [0.1, 0.15) is 18.1 Å². The quantitative estimate of drug-likeness (QED) is 0.452. The first-order chi connectivity index (χ1) is 13.5. The lowest BCUT2D eigenvalue weighted by Crippen LogP contribution is -2.23. The zero-order valence-electron chi connectivity index (χ0n) is 15.3. The molecule has 3 N–H and O–H groups in total. The van der Waals surface area contributed by atoms with Crippen LogP contribution < -0.4 is 10.1 Å². The number of carboxylic acids is 1. The summed E-state index contributed by atoms with van der Waals surface area (Å²) in [5.41, 5.74) is 1.68. The maximum Gasteiger partial charge on any atom is 0.341 e. The molecule has 0 fully saturated rings. The topological polar surface area (TPSA) is 83.7 Å². The van der Waals surface area contributed by atoms with Gasteiger partial charge < -0.3 is 24.8 Å². The molecular weight excluding hydrogens is 380 g/mol. The van der Waals surface area contributed by atoms with Crippen LogP contribution in [0.4, 0.5) is 0 Å². The van der Waals surface area contributed by atoms with Crippen LogP contribution in [0, 0.1) is 0 Å². The van der Waals surface area contributed by atoms with Gasteiger partial charge >= 0.3 is 5.97 Å². The highest BCUT2D eigenvalue weighted by molar-refractivity contribution is 6.30. The standard InChI is InChI=1S/C21H23ClN2O4/c22-17-6-1-5-16(12-17)18(25)13-23-9-3-10-24-11-8-15-4-2-7-19(21(15)24)28-14-20(26)27/h1-2,4-8,11-12,18,23,25H,3,9-10,13-14H2,(H,26,27)/t18-/m0/s1. The van der Waals surface area contributed by atoms with Gasteiger partial charge in [0.15, 0.2) is 6.61 Å². The highest BCUT2D eigenvalue weighted by Gasteiger charge is 2.10. The van der Waals surface area contributed by atoms with E-state index in [-0.39, 0.29) is 6.61 Å². The van der Waals surface area contributed by atoms with E-state index in [0.29, 0.717) is 17.3 Å². The van der Waals surface area contributed by atoms with Gasteiger partial charge in [0.1, 0.15) is 5.75 Å². The number of hydrogen-bond donors (Lipinski definition) is 3. The highest BCUT2D eigenvalue weighted by Crippen LogP contribution is 2.27. The molecule has 2 aromatic carbocycles. The van der Waals surface area contributed by atoms with Gasteiger partial charge in [-0.2, -0.15) is 0 Å². The van der Waals surface area contributed by atoms with Crippen molar-refractivity contribution in [1.29, 1.82) is 0 Å². The molecule has 1 atom stereocenters. The third-order valence-corrected chi connectivity index (χ3v) is 4.66. The second-order valence-corrected chi connectivity index (χ2v) is 6.95. The molecule has 1 heterocycles. The molecule has 0 aliphatic carbocycles. The average molecular weight is 403 g/mol. The number of aliphatic carboxylic acids is 1. The monoisotopic (exact) mass is 402 g/mol. The Bertz CT molecular complexity index is 941. The number of ether oxygens (including phenoxy) is 1. The predicted molar refractivity (Wildman–Crippen MR) is 109 cm³/mol. The lowest BCUT2D eigenvalue weighted by molar-refractivity contribution is -0.139. The summed E-state index contributed by atoms with van der Waals surface area (Å²) in [7, 11) is 0. The maximum atomic E-state index is 10.8. The van der Waals surface area contributed by atoms with Crippen molar-refractivity contribution in [2.75, 3.05) is 19.7 Å². The molecule has 3 rings (SSSR count). The molecule has 6 nitrogen and oxygen atoms in total. The number of hydrogen-bond acceptors (Lipinski definition) is 4. The number of rotatable bonds is 10. The number of carboxylic acid groups (broad SMARTS) is 1. The number of benzene rings is 2. The van der Waals surface area contributed by atoms with Gasteiger partial charge in [0.2, 0.25) is 0 Å². The fourth-order valence-electron chi connectivity index (χ4n) is 3.11. The minimum atomic E-state index is -1.00. The lowest BCUT2D eigenvalue weighted by atomic mass is 10.1. The summed E-state index contributed by atoms with van der Waals surface area (Å²) in [6, 6.07) is 14.8. The van der Waals surface area contributed by atoms with E-state index in [1.165, 1.54) is 0 Å². The van der Waals surface area contributed by atoms with E-state index >= 15 is 0 Å². The number of nitrogens with zero attached hydrogens (tertiary/aromatic N) is 1. The summed E-state index contributed by atoms with van der Waals surface area (Å²) >= 11 is 5.95. The Morgan fingerprint density at radius 2 is 2.04 bits per heavy atom. The molecule has 0 amide bonds. The Morgan fingerprint density at radius 3 is 2.82 bits per heavy atom. The molecule has 0 unspecified atom stereocenters. The van der Waals surface area contributed by atoms with E-state index in [2.05, 4.69) is 9.88 Å². The Hall–Kier alpha value is -2.54. The fraction of sp³-hybridized carbons (Fsp3) is 0.286. The molecule has 0 bridgehead atoms. The molecule has 0 radical (unpaired) electrons. The van der Waals surface area contributed by atoms with Gasteiger partial charge in [0.25, 0.3) is 0 Å². The first-order valence-corrected chi connectivity index (χ1v) is 9.49. The fourth-order valence-corrected chi connectivity index (χ4v) is 3.31. The summed E-state index contributed by atoms with van der Waals surface area (Å²) < 4.78 is 7.47. The largest absolute Gasteiger partial charge is 0.480 e. The highest BCUT2D eigenvalue weighted by atomic mass is 35.5. The van der Waals surface area contributed by atoms with Crippen LogP contribution in [0.15, 0.2) is 54.7 Å². The second kappa shape index (κ2) is 9.59. The van der Waals surface area contributed by atoms with E-state index in [9.17, 15) is 9.90 Å². The third-order valence-electron chi connectivity index (χ3n) is 4.43. The van der Waals surface area contributed by atoms with E-state index in [4.69, 9.17) is 21.4 Å². The minimum Gasteiger partial charge on any atom is -0.480 e. The van der Waals surface area contributed by atoms with Crippen LogP contribution in [0.3, 0.4) is 0 Å². The zero-order chi connectivity index (χ0) is 19.9. The maximum absolute atomic E-state index is 10.8. The van der Waals surface area contributed by atoms with Crippen molar-refractivity contribution in [2.45, 2.75) is 19.1 Å². The summed E-state index contributed by atoms with van der Waals surface area (Å²) in [5.74, 6) is -0.438. The first kappa shape index (κ1) is 20.2. The van der Waals surface area contributed by atoms with Gasteiger partial charge in [-0.15, -0.1) is 0 Å². The van der Waals surface area contributed by atoms with E-state index in [0.717, 1.165) is 36.0 Å². The van der Waals surface area contributed by atoms with Crippen LogP contribution in [0.25, 0.3) is 10.9 Å². The van der Waals surface area contributed by atoms with Gasteiger partial charge in [0.05, 0.1) is 11.6 Å². The van der Waals surface area contributed by atoms with E-state index < -0.39 is 12.1 Å². The molecule has 28 heavy (non-hydrogen) atoms. The van der Waals surface area contributed by atoms with Crippen LogP contribution in [-0.4, -0.2) is 40.4 Å². The Kier molecular flexibility index (Phi) is 6.92. The lowest BCUT2D eigenvalue weighted by Gasteiger charge is -2.13. The van der Waals surface area contributed by atoms with Crippen molar-refractivity contribution in [3.63, 3.8) is 0 Å². The van der Waals surface area contributed by atoms with Crippen LogP contribution in [0.2, 0.25) is 5.02 Å². The van der Waals surface area contributed by atoms with Crippen LogP contribution in [-0.2, 0) is 11.3 Å². The smallest absolute Gasteiger partial charge is 0.341 e. The molecule has 0 aliphatic rings. The molecule has 3 aromatic rings. The van der Waals surface area contributed by atoms with E-state index in [1.54, 1.807) is 18.2 Å². The number of aliphatic hydroxyl groups excluding tert-OH is 1. The number of fused-ring (bicyclic) bond motifs is 1. The number of para-hydroxylation sites is 1. The van der Waals surface area contributed by atoms with Gasteiger partial charge in [-0.3, -0.25) is 0 Å². The molecule has 0 saturated carbocycles. The number of nitrogens with one attached hydrogen (secondary N) is 1. The van der Waals surface area contributed by atoms with Gasteiger partial charge in [-0.05, 0) is 42.8 Å². The third kappa shape index (κ3) is 5.25. The van der Waals surface area contributed by atoms with Gasteiger partial charge in [-0.25, -0.2) is 4.79 Å². The minimum absolute atomic E-state index is 0.368. The summed E-state index contributed by atoms with van der Waals surface area (Å²) in [6.45, 7) is 1.56. The molecule has 0 aliphatic heterocycles. The molecular formula is C21H23ClN2O4. The normalized spacial score (nSPS) is 12.2. The Balaban J connectivity index is 1.52. The van der Waals surface area contributed by atoms with Crippen molar-refractivity contribution in [2.24, 2.45) is 0 Å². The van der Waals surface area contributed by atoms with Crippen molar-refractivity contribution in [3.05, 3.63) is 65.3 Å².